The standard InChI is InChI=1S/C9H7NO6/c1-6(11)15-8-5-3-2-4-7(8)9(12)16-10(13)14/h2-5H,1H3. The lowest BCUT2D eigenvalue weighted by molar-refractivity contribution is -0.727. The predicted octanol–water partition coefficient (Wildman–Crippen LogP) is 0.960. The van der Waals surface area contributed by atoms with Gasteiger partial charge in [-0.15, -0.1) is 10.1 Å². The Bertz CT molecular complexity index is 441. The van der Waals surface area contributed by atoms with Gasteiger partial charge < -0.3 is 4.74 Å². The molecule has 0 heterocycles. The lowest BCUT2D eigenvalue weighted by Crippen LogP contribution is -2.13. The van der Waals surface area contributed by atoms with Crippen molar-refractivity contribution in [2.75, 3.05) is 0 Å². The van der Waals surface area contributed by atoms with Crippen molar-refractivity contribution in [3.63, 3.8) is 0 Å². The summed E-state index contributed by atoms with van der Waals surface area (Å²) in [6.45, 7) is 1.15. The van der Waals surface area contributed by atoms with Crippen molar-refractivity contribution in [1.82, 2.24) is 0 Å². The van der Waals surface area contributed by atoms with Crippen molar-refractivity contribution in [2.45, 2.75) is 6.92 Å². The maximum Gasteiger partial charge on any atom is 0.338 e. The molecule has 7 heteroatoms. The van der Waals surface area contributed by atoms with Gasteiger partial charge in [0.25, 0.3) is 0 Å². The molecule has 0 aliphatic heterocycles. The van der Waals surface area contributed by atoms with Crippen LogP contribution in [0.15, 0.2) is 24.3 Å². The van der Waals surface area contributed by atoms with Gasteiger partial charge in [0.15, 0.2) is 0 Å². The van der Waals surface area contributed by atoms with E-state index in [9.17, 15) is 19.7 Å². The number of ether oxygens (including phenoxy) is 1. The van der Waals surface area contributed by atoms with Crippen LogP contribution in [0, 0.1) is 10.1 Å². The first-order chi connectivity index (χ1) is 7.50. The van der Waals surface area contributed by atoms with Crippen LogP contribution in [0.2, 0.25) is 0 Å². The minimum atomic E-state index is -1.23. The number of hydrogen-bond donors (Lipinski definition) is 0. The average Bonchev–Trinajstić information content (AvgIpc) is 2.16. The first-order valence-corrected chi connectivity index (χ1v) is 4.15. The molecule has 0 atom stereocenters. The molecule has 0 aliphatic rings. The zero-order chi connectivity index (χ0) is 12.1. The number of rotatable bonds is 3. The lowest BCUT2D eigenvalue weighted by Gasteiger charge is -2.05. The van der Waals surface area contributed by atoms with Gasteiger partial charge in [-0.05, 0) is 12.1 Å². The molecule has 0 radical (unpaired) electrons. The number of nitrogens with zero attached hydrogens (tertiary/aromatic N) is 1. The fourth-order valence-corrected chi connectivity index (χ4v) is 0.996. The molecule has 0 aliphatic carbocycles. The zero-order valence-electron chi connectivity index (χ0n) is 8.21. The highest BCUT2D eigenvalue weighted by molar-refractivity contribution is 5.92. The van der Waals surface area contributed by atoms with Crippen LogP contribution in [-0.2, 0) is 9.63 Å². The molecule has 0 bridgehead atoms. The van der Waals surface area contributed by atoms with E-state index in [0.29, 0.717) is 0 Å². The van der Waals surface area contributed by atoms with E-state index >= 15 is 0 Å². The van der Waals surface area contributed by atoms with Gasteiger partial charge in [0, 0.05) is 6.92 Å². The monoisotopic (exact) mass is 225 g/mol. The molecule has 0 fully saturated rings. The number of para-hydroxylation sites is 1. The summed E-state index contributed by atoms with van der Waals surface area (Å²) in [4.78, 5) is 35.6. The first-order valence-electron chi connectivity index (χ1n) is 4.15. The minimum Gasteiger partial charge on any atom is -0.426 e. The highest BCUT2D eigenvalue weighted by Gasteiger charge is 2.16. The maximum atomic E-state index is 11.2. The fraction of sp³-hybridized carbons (Fsp3) is 0.111. The van der Waals surface area contributed by atoms with E-state index < -0.39 is 17.0 Å². The Hall–Kier alpha value is -2.44. The van der Waals surface area contributed by atoms with Gasteiger partial charge in [0.05, 0.1) is 5.56 Å². The van der Waals surface area contributed by atoms with Crippen molar-refractivity contribution in [2.24, 2.45) is 0 Å². The van der Waals surface area contributed by atoms with E-state index in [-0.39, 0.29) is 11.3 Å². The smallest absolute Gasteiger partial charge is 0.338 e. The summed E-state index contributed by atoms with van der Waals surface area (Å²) >= 11 is 0. The van der Waals surface area contributed by atoms with Crippen LogP contribution in [0.25, 0.3) is 0 Å². The second kappa shape index (κ2) is 4.87. The Morgan fingerprint density at radius 2 is 1.94 bits per heavy atom. The molecule has 0 amide bonds. The van der Waals surface area contributed by atoms with Crippen molar-refractivity contribution >= 4 is 11.9 Å². The molecular weight excluding hydrogens is 218 g/mol. The van der Waals surface area contributed by atoms with E-state index in [4.69, 9.17) is 0 Å². The van der Waals surface area contributed by atoms with Crippen molar-refractivity contribution in [3.05, 3.63) is 39.9 Å². The summed E-state index contributed by atoms with van der Waals surface area (Å²) < 4.78 is 4.69. The summed E-state index contributed by atoms with van der Waals surface area (Å²) in [5.74, 6) is -1.91. The van der Waals surface area contributed by atoms with Crippen LogP contribution in [0.5, 0.6) is 5.75 Å². The van der Waals surface area contributed by atoms with E-state index in [2.05, 4.69) is 9.57 Å². The molecule has 0 spiro atoms. The third kappa shape index (κ3) is 3.05. The van der Waals surface area contributed by atoms with Crippen LogP contribution < -0.4 is 4.74 Å². The normalized spacial score (nSPS) is 9.31. The fourth-order valence-electron chi connectivity index (χ4n) is 0.996. The Morgan fingerprint density at radius 1 is 1.31 bits per heavy atom. The SMILES string of the molecule is CC(=O)Oc1ccccc1C(=O)O[N+](=O)[O-]. The van der Waals surface area contributed by atoms with Crippen molar-refractivity contribution in [1.29, 1.82) is 0 Å². The maximum absolute atomic E-state index is 11.2. The zero-order valence-corrected chi connectivity index (χ0v) is 8.21. The van der Waals surface area contributed by atoms with E-state index in [1.54, 1.807) is 0 Å². The number of carbonyl (C=O) groups excluding carboxylic acids is 2. The minimum absolute atomic E-state index is 0.0816. The highest BCUT2D eigenvalue weighted by atomic mass is 17.0. The number of carbonyl (C=O) groups is 2. The molecule has 0 N–H and O–H groups in total. The molecule has 0 saturated heterocycles. The predicted molar refractivity (Wildman–Crippen MR) is 50.2 cm³/mol. The van der Waals surface area contributed by atoms with Crippen molar-refractivity contribution < 1.29 is 24.3 Å². The molecule has 1 aromatic rings. The van der Waals surface area contributed by atoms with Crippen LogP contribution in [-0.4, -0.2) is 17.0 Å². The van der Waals surface area contributed by atoms with Gasteiger partial charge in [-0.1, -0.05) is 12.1 Å². The quantitative estimate of drug-likeness (QED) is 0.329. The Labute approximate surface area is 89.7 Å². The van der Waals surface area contributed by atoms with Crippen LogP contribution in [0.3, 0.4) is 0 Å². The van der Waals surface area contributed by atoms with Gasteiger partial charge in [-0.3, -0.25) is 9.59 Å². The number of esters is 1. The number of hydrogen-bond acceptors (Lipinski definition) is 6. The third-order valence-electron chi connectivity index (χ3n) is 1.52. The second-order valence-electron chi connectivity index (χ2n) is 2.69. The molecule has 0 unspecified atom stereocenters. The van der Waals surface area contributed by atoms with Gasteiger partial charge in [-0.2, -0.15) is 0 Å². The lowest BCUT2D eigenvalue weighted by atomic mass is 10.2. The average molecular weight is 225 g/mol. The van der Waals surface area contributed by atoms with Crippen LogP contribution >= 0.6 is 0 Å². The third-order valence-corrected chi connectivity index (χ3v) is 1.52. The molecule has 0 saturated carbocycles. The first kappa shape index (κ1) is 11.6. The summed E-state index contributed by atoms with van der Waals surface area (Å²) in [5.41, 5.74) is -0.186. The highest BCUT2D eigenvalue weighted by Crippen LogP contribution is 2.19. The summed E-state index contributed by atoms with van der Waals surface area (Å²) in [6, 6.07) is 5.56. The summed E-state index contributed by atoms with van der Waals surface area (Å²) in [7, 11) is 0. The van der Waals surface area contributed by atoms with E-state index in [1.165, 1.54) is 24.3 Å². The van der Waals surface area contributed by atoms with Crippen LogP contribution in [0.4, 0.5) is 0 Å². The second-order valence-corrected chi connectivity index (χ2v) is 2.69. The Balaban J connectivity index is 2.98. The van der Waals surface area contributed by atoms with E-state index in [0.717, 1.165) is 6.92 Å². The molecule has 0 aromatic heterocycles. The van der Waals surface area contributed by atoms with Gasteiger partial charge in [-0.25, -0.2) is 4.84 Å². The summed E-state index contributed by atoms with van der Waals surface area (Å²) in [6.07, 6.45) is 0. The van der Waals surface area contributed by atoms with E-state index in [1.807, 2.05) is 0 Å². The Kier molecular flexibility index (Phi) is 3.54. The molecular formula is C9H7NO6. The number of benzene rings is 1. The Morgan fingerprint density at radius 3 is 2.50 bits per heavy atom. The van der Waals surface area contributed by atoms with Gasteiger partial charge in [0.1, 0.15) is 5.75 Å². The molecule has 1 rings (SSSR count). The van der Waals surface area contributed by atoms with Crippen molar-refractivity contribution in [3.8, 4) is 5.75 Å². The molecule has 16 heavy (non-hydrogen) atoms. The van der Waals surface area contributed by atoms with Crippen LogP contribution in [0.1, 0.15) is 17.3 Å². The largest absolute Gasteiger partial charge is 0.426 e. The van der Waals surface area contributed by atoms with Gasteiger partial charge >= 0.3 is 17.0 Å². The summed E-state index contributed by atoms with van der Waals surface area (Å²) in [5, 5.41) is 8.74. The van der Waals surface area contributed by atoms with Gasteiger partial charge in [0.2, 0.25) is 0 Å². The topological polar surface area (TPSA) is 95.7 Å². The molecule has 1 aromatic carbocycles. The molecule has 7 nitrogen and oxygen atoms in total. The molecule has 84 valence electrons.